The van der Waals surface area contributed by atoms with Gasteiger partial charge in [-0.05, 0) is 64.1 Å². The van der Waals surface area contributed by atoms with E-state index in [4.69, 9.17) is 42.6 Å². The molecule has 0 saturated carbocycles. The molecule has 2 unspecified atom stereocenters. The van der Waals surface area contributed by atoms with Crippen molar-refractivity contribution >= 4 is 35.8 Å². The minimum absolute atomic E-state index is 0. The molecular formula is C49H76AlLiN4O11. The number of carbonyl (C=O) groups is 1. The summed E-state index contributed by atoms with van der Waals surface area (Å²) in [6.45, 7) is 12.7. The Kier molecular flexibility index (Phi) is 39.6. The molecule has 0 aliphatic heterocycles. The van der Waals surface area contributed by atoms with Gasteiger partial charge in [-0.3, -0.25) is 9.98 Å². The van der Waals surface area contributed by atoms with Crippen LogP contribution in [0.15, 0.2) is 107 Å². The van der Waals surface area contributed by atoms with Gasteiger partial charge in [0.1, 0.15) is 23.0 Å². The first kappa shape index (κ1) is 63.8. The number of esters is 1. The van der Waals surface area contributed by atoms with E-state index in [2.05, 4.69) is 20.6 Å². The SMILES string of the molecule is C.C.CCOCOc1ccccc1C=NCC(N=Cc1ccccc1OCOCC)C(=O)OC.CCOCOc1ccccc1CNCC(CO)NCc1ccccc1OCOCC.[AlH3].[H-].[Li+]. The van der Waals surface area contributed by atoms with Crippen molar-refractivity contribution < 1.29 is 72.8 Å². The number of rotatable bonds is 30. The first-order valence-corrected chi connectivity index (χ1v) is 20.8. The number of hydrogen-bond donors (Lipinski definition) is 3. The van der Waals surface area contributed by atoms with E-state index in [1.165, 1.54) is 7.11 Å². The topological polar surface area (TPSA) is 169 Å². The van der Waals surface area contributed by atoms with Crippen LogP contribution in [0.4, 0.5) is 0 Å². The molecule has 15 nitrogen and oxygen atoms in total. The van der Waals surface area contributed by atoms with Gasteiger partial charge in [0.05, 0.1) is 20.3 Å². The van der Waals surface area contributed by atoms with Crippen LogP contribution in [0, 0.1) is 0 Å². The van der Waals surface area contributed by atoms with Crippen LogP contribution < -0.4 is 48.4 Å². The summed E-state index contributed by atoms with van der Waals surface area (Å²) < 4.78 is 48.4. The predicted octanol–water partition coefficient (Wildman–Crippen LogP) is 3.39. The molecule has 3 N–H and O–H groups in total. The zero-order chi connectivity index (χ0) is 44.5. The maximum absolute atomic E-state index is 12.2. The molecule has 0 amide bonds. The minimum atomic E-state index is -0.798. The molecular weight excluding hydrogens is 854 g/mol. The van der Waals surface area contributed by atoms with Crippen molar-refractivity contribution in [2.45, 2.75) is 67.7 Å². The average Bonchev–Trinajstić information content (AvgIpc) is 3.30. The van der Waals surface area contributed by atoms with Crippen molar-refractivity contribution in [1.82, 2.24) is 10.6 Å². The molecule has 4 rings (SSSR count). The van der Waals surface area contributed by atoms with Gasteiger partial charge in [0.2, 0.25) is 0 Å². The molecule has 0 aliphatic rings. The number of aliphatic imine (C=N–C) groups is 2. The summed E-state index contributed by atoms with van der Waals surface area (Å²) in [5.74, 6) is 2.35. The number of aliphatic hydroxyl groups is 1. The third-order valence-corrected chi connectivity index (χ3v) is 8.67. The van der Waals surface area contributed by atoms with Crippen LogP contribution in [0.5, 0.6) is 23.0 Å². The van der Waals surface area contributed by atoms with Crippen LogP contribution >= 0.6 is 0 Å². The average molecular weight is 931 g/mol. The quantitative estimate of drug-likeness (QED) is 0.0229. The van der Waals surface area contributed by atoms with Gasteiger partial charge in [0, 0.05) is 86.8 Å². The van der Waals surface area contributed by atoms with Gasteiger partial charge in [-0.2, -0.15) is 0 Å². The van der Waals surface area contributed by atoms with Crippen molar-refractivity contribution in [3.8, 4) is 23.0 Å². The third kappa shape index (κ3) is 25.6. The number of benzene rings is 4. The molecule has 0 aliphatic carbocycles. The van der Waals surface area contributed by atoms with E-state index in [1.54, 1.807) is 12.4 Å². The van der Waals surface area contributed by atoms with E-state index in [0.717, 1.165) is 33.8 Å². The second-order valence-electron chi connectivity index (χ2n) is 13.0. The molecule has 17 heteroatoms. The number of para-hydroxylation sites is 4. The van der Waals surface area contributed by atoms with Crippen molar-refractivity contribution in [3.63, 3.8) is 0 Å². The van der Waals surface area contributed by atoms with Crippen LogP contribution in [0.1, 0.15) is 66.2 Å². The van der Waals surface area contributed by atoms with Crippen LogP contribution in [0.25, 0.3) is 0 Å². The van der Waals surface area contributed by atoms with E-state index >= 15 is 0 Å². The van der Waals surface area contributed by atoms with Crippen LogP contribution in [-0.2, 0) is 41.6 Å². The molecule has 2 atom stereocenters. The number of nitrogens with zero attached hydrogens (tertiary/aromatic N) is 2. The molecule has 0 radical (unpaired) electrons. The number of aliphatic hydroxyl groups excluding tert-OH is 1. The number of hydrogen-bond acceptors (Lipinski definition) is 15. The molecule has 0 heterocycles. The summed E-state index contributed by atoms with van der Waals surface area (Å²) in [7, 11) is 1.32. The number of ether oxygens (including phenoxy) is 9. The van der Waals surface area contributed by atoms with Crippen molar-refractivity contribution in [2.24, 2.45) is 9.98 Å². The Balaban J connectivity index is -0.00000114. The summed E-state index contributed by atoms with van der Waals surface area (Å²) in [6, 6.07) is 29.6. The Bertz CT molecular complexity index is 1890. The first-order valence-electron chi connectivity index (χ1n) is 20.8. The van der Waals surface area contributed by atoms with Gasteiger partial charge in [0.25, 0.3) is 0 Å². The normalized spacial score (nSPS) is 11.4. The van der Waals surface area contributed by atoms with Gasteiger partial charge in [-0.25, -0.2) is 4.79 Å². The molecule has 0 spiro atoms. The minimum Gasteiger partial charge on any atom is -1.00 e. The molecule has 362 valence electrons. The standard InChI is InChI=1S/C24H30N2O6.C23H34N2O5.2CH4.Al.Li.4H/c1-4-29-17-31-22-12-8-6-10-19(22)14-25-16-21(24(27)28-3)26-15-20-11-7-9-13-23(20)32-18-30-5-2;1-3-27-17-29-22-11-7-5-9-19(22)13-24-15-21(16-26)25-14-20-10-6-8-12-23(20)30-18-28-4-2;;;;;;;;/h6-15,21H,4-5,16-18H2,1-3H3;5-12,21,24-26H,3-4,13-18H2,1-2H3;2*1H4;;;;;;/q;;;;;+1;;;;-1. The summed E-state index contributed by atoms with van der Waals surface area (Å²) in [5, 5.41) is 16.5. The van der Waals surface area contributed by atoms with Gasteiger partial charge in [-0.15, -0.1) is 0 Å². The Labute approximate surface area is 417 Å². The van der Waals surface area contributed by atoms with Gasteiger partial charge in [0.15, 0.2) is 50.6 Å². The maximum Gasteiger partial charge on any atom is 1.00 e. The van der Waals surface area contributed by atoms with Crippen molar-refractivity contribution in [2.75, 3.05) is 80.4 Å². The summed E-state index contributed by atoms with van der Waals surface area (Å²) in [4.78, 5) is 21.0. The fourth-order valence-corrected chi connectivity index (χ4v) is 5.35. The molecule has 66 heavy (non-hydrogen) atoms. The summed E-state index contributed by atoms with van der Waals surface area (Å²) >= 11 is 0. The first-order chi connectivity index (χ1) is 30.5. The van der Waals surface area contributed by atoms with E-state index in [9.17, 15) is 9.90 Å². The van der Waals surface area contributed by atoms with Crippen LogP contribution in [0.3, 0.4) is 0 Å². The number of methoxy groups -OCH3 is 1. The van der Waals surface area contributed by atoms with Gasteiger partial charge < -0.3 is 59.8 Å². The fourth-order valence-electron chi connectivity index (χ4n) is 5.35. The third-order valence-electron chi connectivity index (χ3n) is 8.67. The molecule has 0 fully saturated rings. The maximum atomic E-state index is 12.2. The van der Waals surface area contributed by atoms with E-state index in [-0.39, 0.29) is 98.9 Å². The summed E-state index contributed by atoms with van der Waals surface area (Å²) in [5.41, 5.74) is 3.56. The fraction of sp³-hybridized carbons (Fsp3) is 0.449. The molecule has 4 aromatic carbocycles. The predicted molar refractivity (Wildman–Crippen MR) is 264 cm³/mol. The molecule has 0 saturated heterocycles. The van der Waals surface area contributed by atoms with Crippen molar-refractivity contribution in [1.29, 1.82) is 0 Å². The smallest absolute Gasteiger partial charge is 1.00 e. The van der Waals surface area contributed by atoms with E-state index in [0.29, 0.717) is 57.6 Å². The van der Waals surface area contributed by atoms with Gasteiger partial charge >= 0.3 is 24.8 Å². The Morgan fingerprint density at radius 2 is 1.05 bits per heavy atom. The van der Waals surface area contributed by atoms with E-state index < -0.39 is 12.0 Å². The number of carbonyl (C=O) groups excluding carboxylic acids is 1. The van der Waals surface area contributed by atoms with Crippen LogP contribution in [-0.4, -0.2) is 133 Å². The largest absolute Gasteiger partial charge is 1.00 e. The molecule has 0 bridgehead atoms. The number of nitrogens with one attached hydrogen (secondary N) is 2. The van der Waals surface area contributed by atoms with Crippen molar-refractivity contribution in [3.05, 3.63) is 119 Å². The summed E-state index contributed by atoms with van der Waals surface area (Å²) in [6.07, 6.45) is 3.23. The second kappa shape index (κ2) is 41.0. The zero-order valence-electron chi connectivity index (χ0n) is 38.7. The van der Waals surface area contributed by atoms with Gasteiger partial charge in [-0.1, -0.05) is 75.5 Å². The van der Waals surface area contributed by atoms with E-state index in [1.807, 2.05) is 125 Å². The van der Waals surface area contributed by atoms with Crippen LogP contribution in [0.2, 0.25) is 0 Å². The monoisotopic (exact) mass is 931 g/mol. The molecule has 0 aromatic heterocycles. The zero-order valence-corrected chi connectivity index (χ0v) is 37.7. The Morgan fingerprint density at radius 3 is 1.50 bits per heavy atom. The Morgan fingerprint density at radius 1 is 0.636 bits per heavy atom. The second-order valence-corrected chi connectivity index (χ2v) is 13.0. The molecule has 4 aromatic rings. The Hall–Kier alpha value is -4.26.